The van der Waals surface area contributed by atoms with E-state index >= 15 is 0 Å². The fourth-order valence-electron chi connectivity index (χ4n) is 2.01. The molecular weight excluding hydrogens is 224 g/mol. The summed E-state index contributed by atoms with van der Waals surface area (Å²) in [5.41, 5.74) is 7.96. The topological polar surface area (TPSA) is 46.3 Å². The highest BCUT2D eigenvalue weighted by atomic mass is 35.5. The minimum absolute atomic E-state index is 0. The lowest BCUT2D eigenvalue weighted by Gasteiger charge is -2.28. The average molecular weight is 241 g/mol. The Kier molecular flexibility index (Phi) is 4.77. The van der Waals surface area contributed by atoms with Crippen molar-refractivity contribution in [2.24, 2.45) is 5.73 Å². The van der Waals surface area contributed by atoms with Crippen molar-refractivity contribution in [2.45, 2.75) is 19.4 Å². The summed E-state index contributed by atoms with van der Waals surface area (Å²) in [6, 6.07) is 8.49. The number of hydrogen-bond donors (Lipinski definition) is 1. The number of fused-ring (bicyclic) bond motifs is 1. The van der Waals surface area contributed by atoms with Gasteiger partial charge in [0.1, 0.15) is 0 Å². The molecule has 0 saturated carbocycles. The molecule has 1 amide bonds. The van der Waals surface area contributed by atoms with E-state index in [1.807, 2.05) is 0 Å². The minimum Gasteiger partial charge on any atom is -0.370 e. The predicted octanol–water partition coefficient (Wildman–Crippen LogP) is 1.34. The first kappa shape index (κ1) is 13.0. The third-order valence-corrected chi connectivity index (χ3v) is 2.88. The number of amides is 1. The number of hydrogen-bond acceptors (Lipinski definition) is 2. The van der Waals surface area contributed by atoms with Gasteiger partial charge in [0.05, 0.1) is 0 Å². The van der Waals surface area contributed by atoms with Crippen LogP contribution >= 0.6 is 12.4 Å². The molecule has 0 unspecified atom stereocenters. The van der Waals surface area contributed by atoms with Crippen LogP contribution in [0, 0.1) is 0 Å². The quantitative estimate of drug-likeness (QED) is 0.867. The lowest BCUT2D eigenvalue weighted by Crippen LogP contribution is -2.33. The molecule has 0 aromatic heterocycles. The molecule has 1 heterocycles. The Balaban J connectivity index is 0.00000128. The molecule has 1 aliphatic rings. The van der Waals surface area contributed by atoms with Gasteiger partial charge in [0, 0.05) is 26.1 Å². The highest BCUT2D eigenvalue weighted by Crippen LogP contribution is 2.18. The molecule has 0 aliphatic carbocycles. The number of carbonyl (C=O) groups is 1. The van der Waals surface area contributed by atoms with Crippen LogP contribution in [0.3, 0.4) is 0 Å². The first-order valence-corrected chi connectivity index (χ1v) is 5.33. The van der Waals surface area contributed by atoms with Gasteiger partial charge in [0.25, 0.3) is 0 Å². The van der Waals surface area contributed by atoms with E-state index in [0.29, 0.717) is 6.42 Å². The van der Waals surface area contributed by atoms with Crippen molar-refractivity contribution in [3.05, 3.63) is 35.4 Å². The molecule has 0 spiro atoms. The Bertz CT molecular complexity index is 368. The Hall–Kier alpha value is -1.06. The molecule has 3 nitrogen and oxygen atoms in total. The van der Waals surface area contributed by atoms with Crippen molar-refractivity contribution in [2.75, 3.05) is 13.1 Å². The molecule has 4 heteroatoms. The summed E-state index contributed by atoms with van der Waals surface area (Å²) in [6.07, 6.45) is 1.54. The molecular formula is C12H17ClN2O. The fraction of sp³-hybridized carbons (Fsp3) is 0.417. The van der Waals surface area contributed by atoms with Gasteiger partial charge in [-0.1, -0.05) is 24.3 Å². The van der Waals surface area contributed by atoms with E-state index in [4.69, 9.17) is 5.73 Å². The van der Waals surface area contributed by atoms with Gasteiger partial charge in [-0.05, 0) is 17.5 Å². The summed E-state index contributed by atoms with van der Waals surface area (Å²) >= 11 is 0. The van der Waals surface area contributed by atoms with E-state index in [0.717, 1.165) is 26.1 Å². The lowest BCUT2D eigenvalue weighted by atomic mass is 10.00. The van der Waals surface area contributed by atoms with Crippen LogP contribution in [0.4, 0.5) is 0 Å². The van der Waals surface area contributed by atoms with Gasteiger partial charge in [0.2, 0.25) is 5.91 Å². The lowest BCUT2D eigenvalue weighted by molar-refractivity contribution is -0.118. The first-order chi connectivity index (χ1) is 7.25. The third-order valence-electron chi connectivity index (χ3n) is 2.88. The van der Waals surface area contributed by atoms with Crippen LogP contribution in [0.1, 0.15) is 17.5 Å². The number of primary amides is 1. The van der Waals surface area contributed by atoms with Gasteiger partial charge >= 0.3 is 0 Å². The number of nitrogens with zero attached hydrogens (tertiary/aromatic N) is 1. The third kappa shape index (κ3) is 3.22. The molecule has 0 bridgehead atoms. The fourth-order valence-corrected chi connectivity index (χ4v) is 2.01. The molecule has 0 radical (unpaired) electrons. The van der Waals surface area contributed by atoms with E-state index in [1.165, 1.54) is 11.1 Å². The summed E-state index contributed by atoms with van der Waals surface area (Å²) in [5.74, 6) is -0.214. The molecule has 1 aromatic carbocycles. The zero-order chi connectivity index (χ0) is 10.7. The number of carbonyl (C=O) groups excluding carboxylic acids is 1. The van der Waals surface area contributed by atoms with E-state index in [2.05, 4.69) is 29.2 Å². The SMILES string of the molecule is Cl.NC(=O)CCN1CCc2ccccc2C1. The highest BCUT2D eigenvalue weighted by Gasteiger charge is 2.15. The Morgan fingerprint density at radius 3 is 2.69 bits per heavy atom. The summed E-state index contributed by atoms with van der Waals surface area (Å²) < 4.78 is 0. The number of nitrogens with two attached hydrogens (primary N) is 1. The highest BCUT2D eigenvalue weighted by molar-refractivity contribution is 5.85. The summed E-state index contributed by atoms with van der Waals surface area (Å²) in [5, 5.41) is 0. The van der Waals surface area contributed by atoms with E-state index in [1.54, 1.807) is 0 Å². The first-order valence-electron chi connectivity index (χ1n) is 5.33. The Morgan fingerprint density at radius 1 is 1.31 bits per heavy atom. The second-order valence-electron chi connectivity index (χ2n) is 4.01. The van der Waals surface area contributed by atoms with Crippen molar-refractivity contribution in [1.29, 1.82) is 0 Å². The molecule has 16 heavy (non-hydrogen) atoms. The van der Waals surface area contributed by atoms with Crippen molar-refractivity contribution >= 4 is 18.3 Å². The molecule has 2 N–H and O–H groups in total. The van der Waals surface area contributed by atoms with Gasteiger partial charge in [-0.15, -0.1) is 12.4 Å². The predicted molar refractivity (Wildman–Crippen MR) is 66.5 cm³/mol. The van der Waals surface area contributed by atoms with Crippen LogP contribution in [-0.4, -0.2) is 23.9 Å². The van der Waals surface area contributed by atoms with Gasteiger partial charge in [-0.2, -0.15) is 0 Å². The van der Waals surface area contributed by atoms with Crippen molar-refractivity contribution in [3.8, 4) is 0 Å². The number of benzene rings is 1. The van der Waals surface area contributed by atoms with Gasteiger partial charge < -0.3 is 5.73 Å². The van der Waals surface area contributed by atoms with Gasteiger partial charge in [-0.25, -0.2) is 0 Å². The Morgan fingerprint density at radius 2 is 2.00 bits per heavy atom. The minimum atomic E-state index is -0.214. The maximum Gasteiger partial charge on any atom is 0.218 e. The maximum absolute atomic E-state index is 10.7. The molecule has 88 valence electrons. The van der Waals surface area contributed by atoms with Crippen LogP contribution in [0.25, 0.3) is 0 Å². The summed E-state index contributed by atoms with van der Waals surface area (Å²) in [6.45, 7) is 2.76. The molecule has 1 aliphatic heterocycles. The van der Waals surface area contributed by atoms with Crippen LogP contribution in [0.15, 0.2) is 24.3 Å². The molecule has 0 fully saturated rings. The molecule has 0 saturated heterocycles. The van der Waals surface area contributed by atoms with Gasteiger partial charge in [0.15, 0.2) is 0 Å². The van der Waals surface area contributed by atoms with Crippen LogP contribution in [0.2, 0.25) is 0 Å². The second-order valence-corrected chi connectivity index (χ2v) is 4.01. The standard InChI is InChI=1S/C12H16N2O.ClH/c13-12(15)6-8-14-7-5-10-3-1-2-4-11(10)9-14;/h1-4H,5-9H2,(H2,13,15);1H. The van der Waals surface area contributed by atoms with Crippen LogP contribution < -0.4 is 5.73 Å². The molecule has 1 aromatic rings. The second kappa shape index (κ2) is 5.87. The van der Waals surface area contributed by atoms with E-state index < -0.39 is 0 Å². The maximum atomic E-state index is 10.7. The van der Waals surface area contributed by atoms with Crippen LogP contribution in [-0.2, 0) is 17.8 Å². The summed E-state index contributed by atoms with van der Waals surface area (Å²) in [4.78, 5) is 13.0. The van der Waals surface area contributed by atoms with E-state index in [-0.39, 0.29) is 18.3 Å². The number of rotatable bonds is 3. The number of halogens is 1. The van der Waals surface area contributed by atoms with Gasteiger partial charge in [-0.3, -0.25) is 9.69 Å². The average Bonchev–Trinajstić information content (AvgIpc) is 2.26. The zero-order valence-corrected chi connectivity index (χ0v) is 10.0. The van der Waals surface area contributed by atoms with Crippen LogP contribution in [0.5, 0.6) is 0 Å². The largest absolute Gasteiger partial charge is 0.370 e. The molecule has 0 atom stereocenters. The van der Waals surface area contributed by atoms with E-state index in [9.17, 15) is 4.79 Å². The zero-order valence-electron chi connectivity index (χ0n) is 9.19. The van der Waals surface area contributed by atoms with Crippen molar-refractivity contribution in [1.82, 2.24) is 4.90 Å². The monoisotopic (exact) mass is 240 g/mol. The Labute approximate surface area is 102 Å². The van der Waals surface area contributed by atoms with Crippen molar-refractivity contribution < 1.29 is 4.79 Å². The van der Waals surface area contributed by atoms with Crippen molar-refractivity contribution in [3.63, 3.8) is 0 Å². The summed E-state index contributed by atoms with van der Waals surface area (Å²) in [7, 11) is 0. The molecule has 2 rings (SSSR count). The smallest absolute Gasteiger partial charge is 0.218 e. The normalized spacial score (nSPS) is 15.0.